The summed E-state index contributed by atoms with van der Waals surface area (Å²) >= 11 is 6.27. The van der Waals surface area contributed by atoms with Crippen LogP contribution in [0.3, 0.4) is 0 Å². The summed E-state index contributed by atoms with van der Waals surface area (Å²) in [5, 5.41) is 0.668. The number of halogens is 1. The van der Waals surface area contributed by atoms with Crippen LogP contribution in [-0.4, -0.2) is 69.3 Å². The molecule has 2 aliphatic heterocycles. The van der Waals surface area contributed by atoms with Gasteiger partial charge in [-0.05, 0) is 48.2 Å². The van der Waals surface area contributed by atoms with E-state index in [1.807, 2.05) is 41.3 Å². The predicted octanol–water partition coefficient (Wildman–Crippen LogP) is 3.75. The van der Waals surface area contributed by atoms with Gasteiger partial charge in [0.1, 0.15) is 0 Å². The smallest absolute Gasteiger partial charge is 0.233 e. The first-order valence-corrected chi connectivity index (χ1v) is 11.5. The van der Waals surface area contributed by atoms with E-state index >= 15 is 0 Å². The Bertz CT molecular complexity index is 937. The van der Waals surface area contributed by atoms with Crippen molar-refractivity contribution in [2.45, 2.75) is 24.8 Å². The lowest BCUT2D eigenvalue weighted by molar-refractivity contribution is -0.143. The zero-order chi connectivity index (χ0) is 22.6. The highest BCUT2D eigenvalue weighted by molar-refractivity contribution is 6.30. The number of carbonyl (C=O) groups excluding carboxylic acids is 1. The van der Waals surface area contributed by atoms with E-state index in [2.05, 4.69) is 11.0 Å². The molecule has 2 saturated heterocycles. The summed E-state index contributed by atoms with van der Waals surface area (Å²) in [6.45, 7) is 5.11. The van der Waals surface area contributed by atoms with E-state index in [-0.39, 0.29) is 5.91 Å². The van der Waals surface area contributed by atoms with Crippen LogP contribution in [0.2, 0.25) is 5.02 Å². The highest BCUT2D eigenvalue weighted by atomic mass is 35.5. The van der Waals surface area contributed by atoms with Crippen LogP contribution >= 0.6 is 11.6 Å². The van der Waals surface area contributed by atoms with Crippen molar-refractivity contribution in [2.24, 2.45) is 0 Å². The quantitative estimate of drug-likeness (QED) is 0.659. The normalized spacial score (nSPS) is 18.9. The van der Waals surface area contributed by atoms with Crippen molar-refractivity contribution in [3.05, 3.63) is 58.6 Å². The maximum absolute atomic E-state index is 13.8. The molecule has 0 atom stereocenters. The summed E-state index contributed by atoms with van der Waals surface area (Å²) in [6.07, 6.45) is 1.38. The Kier molecular flexibility index (Phi) is 7.23. The van der Waals surface area contributed by atoms with Crippen LogP contribution in [0.25, 0.3) is 0 Å². The van der Waals surface area contributed by atoms with Crippen LogP contribution < -0.4 is 9.47 Å². The lowest BCUT2D eigenvalue weighted by Gasteiger charge is -2.43. The molecule has 0 aromatic heterocycles. The summed E-state index contributed by atoms with van der Waals surface area (Å²) in [5.41, 5.74) is 1.63. The van der Waals surface area contributed by atoms with Gasteiger partial charge in [0.15, 0.2) is 11.5 Å². The lowest BCUT2D eigenvalue weighted by atomic mass is 9.73. The van der Waals surface area contributed by atoms with Crippen LogP contribution in [0.5, 0.6) is 11.5 Å². The van der Waals surface area contributed by atoms with E-state index in [0.717, 1.165) is 49.8 Å². The first-order valence-electron chi connectivity index (χ1n) is 11.1. The minimum atomic E-state index is -0.547. The highest BCUT2D eigenvalue weighted by Crippen LogP contribution is 2.38. The Balaban J connectivity index is 1.43. The maximum atomic E-state index is 13.8. The number of ether oxygens (including phenoxy) is 3. The lowest BCUT2D eigenvalue weighted by Crippen LogP contribution is -2.55. The van der Waals surface area contributed by atoms with Gasteiger partial charge >= 0.3 is 0 Å². The summed E-state index contributed by atoms with van der Waals surface area (Å²) < 4.78 is 16.4. The van der Waals surface area contributed by atoms with Gasteiger partial charge in [0.25, 0.3) is 0 Å². The molecule has 0 unspecified atom stereocenters. The molecule has 1 amide bonds. The zero-order valence-electron chi connectivity index (χ0n) is 18.8. The van der Waals surface area contributed by atoms with E-state index < -0.39 is 5.41 Å². The molecule has 0 bridgehead atoms. The highest BCUT2D eigenvalue weighted by Gasteiger charge is 2.44. The van der Waals surface area contributed by atoms with E-state index in [0.29, 0.717) is 31.1 Å². The number of benzene rings is 2. The Morgan fingerprint density at radius 2 is 1.72 bits per heavy atom. The third-order valence-corrected chi connectivity index (χ3v) is 6.88. The third kappa shape index (κ3) is 4.72. The second-order valence-corrected chi connectivity index (χ2v) is 8.90. The molecular formula is C25H31ClN2O4. The van der Waals surface area contributed by atoms with E-state index in [4.69, 9.17) is 25.8 Å². The molecule has 172 valence electrons. The van der Waals surface area contributed by atoms with E-state index in [9.17, 15) is 4.79 Å². The molecule has 0 spiro atoms. The fourth-order valence-corrected chi connectivity index (χ4v) is 4.97. The molecule has 0 aliphatic carbocycles. The monoisotopic (exact) mass is 458 g/mol. The SMILES string of the molecule is COc1ccc(CN2CCN(C(=O)C3(c4cccc(Cl)c4)CCOCC3)CC2)cc1OC. The largest absolute Gasteiger partial charge is 0.493 e. The van der Waals surface area contributed by atoms with Gasteiger partial charge in [-0.3, -0.25) is 9.69 Å². The fourth-order valence-electron chi connectivity index (χ4n) is 4.78. The fraction of sp³-hybridized carbons (Fsp3) is 0.480. The molecule has 2 fully saturated rings. The number of amides is 1. The molecule has 0 saturated carbocycles. The Morgan fingerprint density at radius 1 is 1.00 bits per heavy atom. The van der Waals surface area contributed by atoms with Gasteiger partial charge in [-0.2, -0.15) is 0 Å². The average molecular weight is 459 g/mol. The topological polar surface area (TPSA) is 51.2 Å². The van der Waals surface area contributed by atoms with E-state index in [1.165, 1.54) is 5.56 Å². The molecule has 2 aromatic carbocycles. The Hall–Kier alpha value is -2.28. The standard InChI is InChI=1S/C25H31ClN2O4/c1-30-22-7-6-19(16-23(22)31-2)18-27-10-12-28(13-11-27)24(29)25(8-14-32-15-9-25)20-4-3-5-21(26)17-20/h3-7,16-17H,8-15,18H2,1-2H3. The van der Waals surface area contributed by atoms with Crippen molar-refractivity contribution in [3.63, 3.8) is 0 Å². The van der Waals surface area contributed by atoms with E-state index in [1.54, 1.807) is 14.2 Å². The van der Waals surface area contributed by atoms with Gasteiger partial charge in [0.05, 0.1) is 19.6 Å². The number of nitrogens with zero attached hydrogens (tertiary/aromatic N) is 2. The van der Waals surface area contributed by atoms with Crippen LogP contribution in [0.4, 0.5) is 0 Å². The molecule has 2 aromatic rings. The van der Waals surface area contributed by atoms with Crippen molar-refractivity contribution in [1.82, 2.24) is 9.80 Å². The van der Waals surface area contributed by atoms with Crippen molar-refractivity contribution in [1.29, 1.82) is 0 Å². The molecule has 0 radical (unpaired) electrons. The number of carbonyl (C=O) groups is 1. The first kappa shape index (κ1) is 22.9. The number of rotatable bonds is 6. The van der Waals surface area contributed by atoms with Crippen LogP contribution in [0.1, 0.15) is 24.0 Å². The second-order valence-electron chi connectivity index (χ2n) is 8.46. The summed E-state index contributed by atoms with van der Waals surface area (Å²) in [7, 11) is 3.29. The number of piperazine rings is 1. The van der Waals surface area contributed by atoms with Gasteiger partial charge in [-0.1, -0.05) is 29.8 Å². The van der Waals surface area contributed by atoms with Crippen molar-refractivity contribution < 1.29 is 19.0 Å². The minimum Gasteiger partial charge on any atom is -0.493 e. The van der Waals surface area contributed by atoms with Gasteiger partial charge in [-0.15, -0.1) is 0 Å². The van der Waals surface area contributed by atoms with Crippen molar-refractivity contribution >= 4 is 17.5 Å². The average Bonchev–Trinajstić information content (AvgIpc) is 2.84. The van der Waals surface area contributed by atoms with Crippen LogP contribution in [0, 0.1) is 0 Å². The summed E-state index contributed by atoms with van der Waals surface area (Å²) in [6, 6.07) is 13.8. The van der Waals surface area contributed by atoms with Gasteiger partial charge in [0, 0.05) is 51.0 Å². The molecule has 32 heavy (non-hydrogen) atoms. The molecular weight excluding hydrogens is 428 g/mol. The maximum Gasteiger partial charge on any atom is 0.233 e. The summed E-state index contributed by atoms with van der Waals surface area (Å²) in [5.74, 6) is 1.67. The second kappa shape index (κ2) is 10.1. The first-order chi connectivity index (χ1) is 15.6. The van der Waals surface area contributed by atoms with Gasteiger partial charge in [-0.25, -0.2) is 0 Å². The van der Waals surface area contributed by atoms with Gasteiger partial charge < -0.3 is 19.1 Å². The molecule has 4 rings (SSSR count). The zero-order valence-corrected chi connectivity index (χ0v) is 19.6. The van der Waals surface area contributed by atoms with Gasteiger partial charge in [0.2, 0.25) is 5.91 Å². The number of hydrogen-bond donors (Lipinski definition) is 0. The number of methoxy groups -OCH3 is 2. The predicted molar refractivity (Wildman–Crippen MR) is 125 cm³/mol. The minimum absolute atomic E-state index is 0.203. The molecule has 2 heterocycles. The van der Waals surface area contributed by atoms with Crippen molar-refractivity contribution in [2.75, 3.05) is 53.6 Å². The Labute approximate surface area is 195 Å². The molecule has 6 nitrogen and oxygen atoms in total. The summed E-state index contributed by atoms with van der Waals surface area (Å²) in [4.78, 5) is 18.2. The Morgan fingerprint density at radius 3 is 2.38 bits per heavy atom. The van der Waals surface area contributed by atoms with Crippen LogP contribution in [0.15, 0.2) is 42.5 Å². The molecule has 7 heteroatoms. The molecule has 2 aliphatic rings. The van der Waals surface area contributed by atoms with Crippen molar-refractivity contribution in [3.8, 4) is 11.5 Å². The van der Waals surface area contributed by atoms with Crippen LogP contribution in [-0.2, 0) is 21.5 Å². The molecule has 0 N–H and O–H groups in total. The number of hydrogen-bond acceptors (Lipinski definition) is 5. The third-order valence-electron chi connectivity index (χ3n) is 6.65.